The maximum Gasteiger partial charge on any atom is 0.194 e. The molecule has 0 spiro atoms. The van der Waals surface area contributed by atoms with Crippen LogP contribution >= 0.6 is 24.8 Å². The van der Waals surface area contributed by atoms with Gasteiger partial charge in [-0.05, 0) is 74.9 Å². The Kier molecular flexibility index (Phi) is 8.52. The Balaban J connectivity index is 0.00000114. The monoisotopic (exact) mass is 464 g/mol. The van der Waals surface area contributed by atoms with Gasteiger partial charge in [-0.25, -0.2) is 0 Å². The van der Waals surface area contributed by atoms with Crippen molar-refractivity contribution in [2.24, 2.45) is 0 Å². The first-order valence-electron chi connectivity index (χ1n) is 10.6. The van der Waals surface area contributed by atoms with Crippen LogP contribution < -0.4 is 9.80 Å². The lowest BCUT2D eigenvalue weighted by molar-refractivity contribution is 0.0979. The summed E-state index contributed by atoms with van der Waals surface area (Å²) in [6.45, 7) is 4.10. The summed E-state index contributed by atoms with van der Waals surface area (Å²) in [5, 5.41) is 0. The average molecular weight is 465 g/mol. The number of halogens is 2. The first-order valence-corrected chi connectivity index (χ1v) is 10.6. The van der Waals surface area contributed by atoms with Crippen molar-refractivity contribution in [1.29, 1.82) is 0 Å². The molecule has 2 saturated heterocycles. The van der Waals surface area contributed by atoms with Crippen LogP contribution in [-0.2, 0) is 0 Å². The Bertz CT molecular complexity index is 878. The first kappa shape index (κ1) is 25.2. The lowest BCUT2D eigenvalue weighted by Crippen LogP contribution is -2.31. The number of ketones is 2. The summed E-state index contributed by atoms with van der Waals surface area (Å²) < 4.78 is 0. The molecular formula is C24H30Cl2N2O3. The van der Waals surface area contributed by atoms with Crippen molar-refractivity contribution in [1.82, 2.24) is 0 Å². The number of piperidine rings is 2. The number of rotatable bonds is 2. The van der Waals surface area contributed by atoms with Crippen LogP contribution in [0, 0.1) is 0 Å². The maximum atomic E-state index is 13.3. The lowest BCUT2D eigenvalue weighted by Gasteiger charge is -2.31. The fourth-order valence-electron chi connectivity index (χ4n) is 4.82. The smallest absolute Gasteiger partial charge is 0.194 e. The molecule has 168 valence electrons. The molecule has 2 N–H and O–H groups in total. The molecular weight excluding hydrogens is 435 g/mol. The zero-order valence-electron chi connectivity index (χ0n) is 17.6. The van der Waals surface area contributed by atoms with Crippen molar-refractivity contribution in [3.63, 3.8) is 0 Å². The number of hydrogen-bond donors (Lipinski definition) is 0. The molecule has 3 aliphatic rings. The van der Waals surface area contributed by atoms with Gasteiger partial charge in [0, 0.05) is 59.8 Å². The van der Waals surface area contributed by atoms with E-state index in [9.17, 15) is 9.59 Å². The maximum absolute atomic E-state index is 13.3. The number of carbonyl (C=O) groups excluding carboxylic acids is 2. The van der Waals surface area contributed by atoms with E-state index in [-0.39, 0.29) is 41.9 Å². The fraction of sp³-hybridized carbons (Fsp3) is 0.417. The van der Waals surface area contributed by atoms with Gasteiger partial charge in [0.1, 0.15) is 0 Å². The SMILES string of the molecule is Cl.Cl.O.O=C1c2ccc(N3CCCCC3)cc2C(=O)c2cc(N3CCCCC3)ccc21. The third-order valence-corrected chi connectivity index (χ3v) is 6.43. The molecule has 0 bridgehead atoms. The summed E-state index contributed by atoms with van der Waals surface area (Å²) >= 11 is 0. The molecule has 5 rings (SSSR count). The van der Waals surface area contributed by atoms with Crippen LogP contribution in [0.2, 0.25) is 0 Å². The summed E-state index contributed by atoms with van der Waals surface area (Å²) in [5.41, 5.74) is 4.35. The van der Waals surface area contributed by atoms with Gasteiger partial charge in [-0.2, -0.15) is 0 Å². The summed E-state index contributed by atoms with van der Waals surface area (Å²) in [6, 6.07) is 11.6. The third-order valence-electron chi connectivity index (χ3n) is 6.43. The van der Waals surface area contributed by atoms with E-state index in [2.05, 4.69) is 9.80 Å². The van der Waals surface area contributed by atoms with Crippen molar-refractivity contribution < 1.29 is 15.1 Å². The molecule has 2 aliphatic heterocycles. The Morgan fingerprint density at radius 3 is 1.26 bits per heavy atom. The highest BCUT2D eigenvalue weighted by atomic mass is 35.5. The lowest BCUT2D eigenvalue weighted by atomic mass is 9.83. The van der Waals surface area contributed by atoms with Gasteiger partial charge in [0.15, 0.2) is 11.6 Å². The number of fused-ring (bicyclic) bond motifs is 2. The Morgan fingerprint density at radius 1 is 0.516 bits per heavy atom. The van der Waals surface area contributed by atoms with E-state index >= 15 is 0 Å². The minimum absolute atomic E-state index is 0. The fourth-order valence-corrected chi connectivity index (χ4v) is 4.82. The van der Waals surface area contributed by atoms with Crippen LogP contribution in [0.25, 0.3) is 0 Å². The van der Waals surface area contributed by atoms with Crippen molar-refractivity contribution in [3.05, 3.63) is 58.7 Å². The summed E-state index contributed by atoms with van der Waals surface area (Å²) in [6.07, 6.45) is 7.28. The molecule has 2 heterocycles. The van der Waals surface area contributed by atoms with Gasteiger partial charge in [0.05, 0.1) is 0 Å². The van der Waals surface area contributed by atoms with Gasteiger partial charge in [-0.3, -0.25) is 9.59 Å². The number of nitrogens with zero attached hydrogens (tertiary/aromatic N) is 2. The Hall–Kier alpha value is -2.08. The van der Waals surface area contributed by atoms with E-state index in [1.54, 1.807) is 0 Å². The second-order valence-corrected chi connectivity index (χ2v) is 8.21. The van der Waals surface area contributed by atoms with E-state index in [4.69, 9.17) is 0 Å². The van der Waals surface area contributed by atoms with Crippen molar-refractivity contribution in [3.8, 4) is 0 Å². The standard InChI is InChI=1S/C24H26N2O2.2ClH.H2O/c27-23-19-9-7-17(25-11-3-1-4-12-25)15-21(19)24(28)22-16-18(8-10-20(22)23)26-13-5-2-6-14-26;;;/h7-10,15-16H,1-6,11-14H2;2*1H;1H2. The minimum Gasteiger partial charge on any atom is -0.412 e. The predicted molar refractivity (Wildman–Crippen MR) is 130 cm³/mol. The highest BCUT2D eigenvalue weighted by molar-refractivity contribution is 6.28. The van der Waals surface area contributed by atoms with Gasteiger partial charge < -0.3 is 15.3 Å². The molecule has 1 aliphatic carbocycles. The van der Waals surface area contributed by atoms with E-state index in [1.807, 2.05) is 36.4 Å². The number of hydrogen-bond acceptors (Lipinski definition) is 4. The van der Waals surface area contributed by atoms with Crippen molar-refractivity contribution in [2.45, 2.75) is 38.5 Å². The molecule has 31 heavy (non-hydrogen) atoms. The van der Waals surface area contributed by atoms with E-state index in [0.717, 1.165) is 37.6 Å². The minimum atomic E-state index is -0.0278. The zero-order chi connectivity index (χ0) is 19.1. The Labute approximate surface area is 195 Å². The van der Waals surface area contributed by atoms with Gasteiger partial charge in [0.25, 0.3) is 0 Å². The third kappa shape index (κ3) is 4.59. The number of carbonyl (C=O) groups is 2. The molecule has 0 atom stereocenters. The summed E-state index contributed by atoms with van der Waals surface area (Å²) in [5.74, 6) is -0.0395. The molecule has 5 nitrogen and oxygen atoms in total. The summed E-state index contributed by atoms with van der Waals surface area (Å²) in [7, 11) is 0. The highest BCUT2D eigenvalue weighted by Crippen LogP contribution is 2.33. The zero-order valence-corrected chi connectivity index (χ0v) is 19.2. The first-order chi connectivity index (χ1) is 13.7. The number of anilines is 2. The predicted octanol–water partition coefficient (Wildman–Crippen LogP) is 4.46. The quantitative estimate of drug-likeness (QED) is 0.560. The van der Waals surface area contributed by atoms with Gasteiger partial charge >= 0.3 is 0 Å². The van der Waals surface area contributed by atoms with Gasteiger partial charge in [-0.15, -0.1) is 24.8 Å². The highest BCUT2D eigenvalue weighted by Gasteiger charge is 2.31. The van der Waals surface area contributed by atoms with Crippen molar-refractivity contribution >= 4 is 47.8 Å². The molecule has 0 saturated carbocycles. The average Bonchev–Trinajstić information content (AvgIpc) is 2.78. The normalized spacial score (nSPS) is 17.5. The molecule has 0 aromatic heterocycles. The van der Waals surface area contributed by atoms with E-state index < -0.39 is 0 Å². The van der Waals surface area contributed by atoms with Crippen molar-refractivity contribution in [2.75, 3.05) is 36.0 Å². The van der Waals surface area contributed by atoms with Gasteiger partial charge in [-0.1, -0.05) is 0 Å². The topological polar surface area (TPSA) is 72.1 Å². The molecule has 0 unspecified atom stereocenters. The van der Waals surface area contributed by atoms with Crippen LogP contribution in [0.1, 0.15) is 70.4 Å². The van der Waals surface area contributed by atoms with Crippen LogP contribution in [-0.4, -0.2) is 43.2 Å². The molecule has 0 amide bonds. The molecule has 2 fully saturated rings. The van der Waals surface area contributed by atoms with Crippen LogP contribution in [0.5, 0.6) is 0 Å². The summed E-state index contributed by atoms with van der Waals surface area (Å²) in [4.78, 5) is 31.1. The molecule has 2 aromatic carbocycles. The van der Waals surface area contributed by atoms with Crippen LogP contribution in [0.4, 0.5) is 11.4 Å². The number of benzene rings is 2. The van der Waals surface area contributed by atoms with E-state index in [0.29, 0.717) is 22.3 Å². The molecule has 0 radical (unpaired) electrons. The van der Waals surface area contributed by atoms with Crippen LogP contribution in [0.3, 0.4) is 0 Å². The molecule has 2 aromatic rings. The second kappa shape index (κ2) is 10.5. The van der Waals surface area contributed by atoms with Gasteiger partial charge in [0.2, 0.25) is 0 Å². The largest absolute Gasteiger partial charge is 0.412 e. The van der Waals surface area contributed by atoms with Crippen LogP contribution in [0.15, 0.2) is 36.4 Å². The Morgan fingerprint density at radius 2 is 0.871 bits per heavy atom. The second-order valence-electron chi connectivity index (χ2n) is 8.21. The van der Waals surface area contributed by atoms with E-state index in [1.165, 1.54) is 38.5 Å². The molecule has 7 heteroatoms.